The third-order valence-electron chi connectivity index (χ3n) is 12.2. The Morgan fingerprint density at radius 2 is 1.22 bits per heavy atom. The highest BCUT2D eigenvalue weighted by Gasteiger charge is 2.39. The van der Waals surface area contributed by atoms with Gasteiger partial charge in [-0.25, -0.2) is 14.8 Å². The van der Waals surface area contributed by atoms with Crippen molar-refractivity contribution in [3.63, 3.8) is 0 Å². The number of benzene rings is 2. The van der Waals surface area contributed by atoms with Gasteiger partial charge in [-0.15, -0.1) is 0 Å². The summed E-state index contributed by atoms with van der Waals surface area (Å²) < 4.78 is 0. The number of carboxylic acid groups (broad SMARTS) is 1. The Balaban J connectivity index is 0.972. The number of rotatable bonds is 12. The molecule has 1 saturated carbocycles. The van der Waals surface area contributed by atoms with Gasteiger partial charge < -0.3 is 35.1 Å². The lowest BCUT2D eigenvalue weighted by atomic mass is 9.84. The van der Waals surface area contributed by atoms with Gasteiger partial charge in [-0.3, -0.25) is 9.59 Å². The first-order valence-electron chi connectivity index (χ1n) is 20.3. The van der Waals surface area contributed by atoms with Crippen molar-refractivity contribution in [2.75, 3.05) is 26.2 Å². The Morgan fingerprint density at radius 3 is 1.69 bits per heavy atom. The van der Waals surface area contributed by atoms with Crippen molar-refractivity contribution in [3.05, 3.63) is 72.6 Å². The monoisotopic (exact) mass is 748 g/mol. The predicted octanol–water partition coefficient (Wildman–Crippen LogP) is 7.65. The van der Waals surface area contributed by atoms with Crippen LogP contribution in [0.15, 0.2) is 60.9 Å². The van der Waals surface area contributed by atoms with Crippen LogP contribution < -0.4 is 5.32 Å². The highest BCUT2D eigenvalue weighted by molar-refractivity contribution is 5.86. The van der Waals surface area contributed by atoms with Crippen molar-refractivity contribution in [1.29, 1.82) is 0 Å². The molecule has 3 atom stereocenters. The molecule has 0 unspecified atom stereocenters. The Morgan fingerprint density at radius 1 is 0.745 bits per heavy atom. The summed E-state index contributed by atoms with van der Waals surface area (Å²) in [6.45, 7) is 11.7. The highest BCUT2D eigenvalue weighted by Crippen LogP contribution is 2.37. The average molecular weight is 749 g/mol. The third kappa shape index (κ3) is 8.20. The van der Waals surface area contributed by atoms with Gasteiger partial charge in [-0.2, -0.15) is 0 Å². The van der Waals surface area contributed by atoms with E-state index in [4.69, 9.17) is 4.98 Å². The summed E-state index contributed by atoms with van der Waals surface area (Å²) in [5.41, 5.74) is 6.03. The summed E-state index contributed by atoms with van der Waals surface area (Å²) in [7, 11) is 0. The van der Waals surface area contributed by atoms with E-state index in [0.717, 1.165) is 110 Å². The van der Waals surface area contributed by atoms with E-state index in [1.54, 1.807) is 11.1 Å². The van der Waals surface area contributed by atoms with Crippen LogP contribution in [0.25, 0.3) is 33.6 Å². The molecule has 12 nitrogen and oxygen atoms in total. The predicted molar refractivity (Wildman–Crippen MR) is 213 cm³/mol. The van der Waals surface area contributed by atoms with Crippen molar-refractivity contribution in [3.8, 4) is 33.6 Å². The molecule has 12 heteroatoms. The zero-order valence-electron chi connectivity index (χ0n) is 32.6. The fourth-order valence-corrected chi connectivity index (χ4v) is 9.11. The zero-order valence-corrected chi connectivity index (χ0v) is 32.6. The third-order valence-corrected chi connectivity index (χ3v) is 12.2. The first-order valence-corrected chi connectivity index (χ1v) is 20.3. The topological polar surface area (TPSA) is 151 Å². The molecular formula is C43H56N8O4. The summed E-state index contributed by atoms with van der Waals surface area (Å²) in [6.07, 6.45) is 10.2. The minimum atomic E-state index is -1.20. The molecule has 292 valence electrons. The number of carbonyl (C=O) groups excluding carboxylic acids is 2. The molecule has 7 rings (SSSR count). The van der Waals surface area contributed by atoms with E-state index in [0.29, 0.717) is 24.3 Å². The average Bonchev–Trinajstić information content (AvgIpc) is 4.04. The first kappa shape index (κ1) is 38.3. The molecule has 2 saturated heterocycles. The van der Waals surface area contributed by atoms with Crippen molar-refractivity contribution in [2.24, 2.45) is 11.8 Å². The van der Waals surface area contributed by atoms with Crippen LogP contribution in [-0.4, -0.2) is 95.9 Å². The van der Waals surface area contributed by atoms with E-state index in [1.165, 1.54) is 0 Å². The van der Waals surface area contributed by atoms with Crippen molar-refractivity contribution in [2.45, 2.75) is 103 Å². The number of imidazole rings is 2. The normalized spacial score (nSPS) is 22.1. The van der Waals surface area contributed by atoms with E-state index in [1.807, 2.05) is 20.0 Å². The molecule has 0 radical (unpaired) electrons. The summed E-state index contributed by atoms with van der Waals surface area (Å²) >= 11 is 0. The second-order valence-electron chi connectivity index (χ2n) is 15.8. The SMILES string of the molecule is CCN(CC)[C@H]1CC[C@@H](C(=O)N2CCC[C@H]2c2ncc(-c3ccc(-c4ccc(-c5cnc([C@@H]6CCCN6C(=O)[C@@H](NC(=O)O)C(C)C)[nH]5)cc4)cc3)[nH]2)CC1. The molecule has 3 aliphatic rings. The number of aromatic amines is 2. The molecular weight excluding hydrogens is 693 g/mol. The number of nitrogens with zero attached hydrogens (tertiary/aromatic N) is 5. The minimum absolute atomic E-state index is 0.00318. The summed E-state index contributed by atoms with van der Waals surface area (Å²) in [6, 6.07) is 16.4. The van der Waals surface area contributed by atoms with Gasteiger partial charge in [0.05, 0.1) is 35.9 Å². The van der Waals surface area contributed by atoms with Gasteiger partial charge in [0, 0.05) is 25.0 Å². The maximum Gasteiger partial charge on any atom is 0.405 e. The van der Waals surface area contributed by atoms with Gasteiger partial charge in [0.1, 0.15) is 17.7 Å². The molecule has 4 aromatic rings. The molecule has 2 aliphatic heterocycles. The quantitative estimate of drug-likeness (QED) is 0.116. The van der Waals surface area contributed by atoms with E-state index in [2.05, 4.69) is 92.4 Å². The van der Waals surface area contributed by atoms with E-state index < -0.39 is 12.1 Å². The van der Waals surface area contributed by atoms with Crippen molar-refractivity contribution < 1.29 is 19.5 Å². The van der Waals surface area contributed by atoms with Crippen LogP contribution >= 0.6 is 0 Å². The summed E-state index contributed by atoms with van der Waals surface area (Å²) in [4.78, 5) is 61.3. The number of amides is 3. The summed E-state index contributed by atoms with van der Waals surface area (Å²) in [5.74, 6) is 1.62. The number of hydrogen-bond acceptors (Lipinski definition) is 6. The summed E-state index contributed by atoms with van der Waals surface area (Å²) in [5, 5.41) is 11.7. The first-order chi connectivity index (χ1) is 26.6. The lowest BCUT2D eigenvalue weighted by Gasteiger charge is -2.37. The number of nitrogens with one attached hydrogen (secondary N) is 3. The van der Waals surface area contributed by atoms with Gasteiger partial charge in [0.15, 0.2) is 0 Å². The standard InChI is InChI=1S/C43H56N8O4/c1-5-49(6-2)33-21-19-32(20-22-33)41(52)50-23-7-9-36(50)39-44-25-34(46-39)30-15-11-28(12-16-30)29-13-17-31(18-14-29)35-26-45-40(47-35)37-10-8-24-51(37)42(53)38(27(3)4)48-43(54)55/h11-18,25-27,32-33,36-38,48H,5-10,19-24H2,1-4H3,(H,44,46)(H,45,47)(H,54,55)/t32-,33+,36-,37-,38-/m0/s1. The maximum atomic E-state index is 13.7. The molecule has 3 fully saturated rings. The van der Waals surface area contributed by atoms with Crippen molar-refractivity contribution >= 4 is 17.9 Å². The zero-order chi connectivity index (χ0) is 38.6. The smallest absolute Gasteiger partial charge is 0.405 e. The van der Waals surface area contributed by atoms with Crippen molar-refractivity contribution in [1.82, 2.24) is 40.0 Å². The van der Waals surface area contributed by atoms with Crippen LogP contribution in [0.5, 0.6) is 0 Å². The molecule has 55 heavy (non-hydrogen) atoms. The lowest BCUT2D eigenvalue weighted by molar-refractivity contribution is -0.138. The second kappa shape index (κ2) is 16.8. The Labute approximate surface area is 324 Å². The lowest BCUT2D eigenvalue weighted by Crippen LogP contribution is -2.50. The minimum Gasteiger partial charge on any atom is -0.465 e. The van der Waals surface area contributed by atoms with E-state index in [-0.39, 0.29) is 29.8 Å². The number of hydrogen-bond donors (Lipinski definition) is 4. The Hall–Kier alpha value is -4.97. The van der Waals surface area contributed by atoms with Gasteiger partial charge in [-0.1, -0.05) is 76.2 Å². The number of likely N-dealkylation sites (tertiary alicyclic amines) is 2. The number of aromatic nitrogens is 4. The fourth-order valence-electron chi connectivity index (χ4n) is 9.11. The van der Waals surface area contributed by atoms with E-state index in [9.17, 15) is 19.5 Å². The molecule has 0 spiro atoms. The maximum absolute atomic E-state index is 13.7. The van der Waals surface area contributed by atoms with Crippen LogP contribution in [0.4, 0.5) is 4.79 Å². The largest absolute Gasteiger partial charge is 0.465 e. The Kier molecular flexibility index (Phi) is 11.7. The highest BCUT2D eigenvalue weighted by atomic mass is 16.4. The molecule has 2 aromatic heterocycles. The number of carbonyl (C=O) groups is 3. The molecule has 4 heterocycles. The fraction of sp³-hybridized carbons (Fsp3) is 0.512. The van der Waals surface area contributed by atoms with Gasteiger partial charge >= 0.3 is 6.09 Å². The van der Waals surface area contributed by atoms with Crippen LogP contribution in [-0.2, 0) is 9.59 Å². The molecule has 3 amide bonds. The van der Waals surface area contributed by atoms with Gasteiger partial charge in [0.2, 0.25) is 11.8 Å². The van der Waals surface area contributed by atoms with Gasteiger partial charge in [-0.05, 0) is 92.6 Å². The van der Waals surface area contributed by atoms with Gasteiger partial charge in [0.25, 0.3) is 0 Å². The molecule has 1 aliphatic carbocycles. The Bertz CT molecular complexity index is 1920. The molecule has 4 N–H and O–H groups in total. The van der Waals surface area contributed by atoms with E-state index >= 15 is 0 Å². The second-order valence-corrected chi connectivity index (χ2v) is 15.8. The van der Waals surface area contributed by atoms with Crippen LogP contribution in [0.1, 0.15) is 103 Å². The molecule has 2 aromatic carbocycles. The van der Waals surface area contributed by atoms with Crippen LogP contribution in [0.2, 0.25) is 0 Å². The molecule has 0 bridgehead atoms. The van der Waals surface area contributed by atoms with Crippen LogP contribution in [0.3, 0.4) is 0 Å². The number of H-pyrrole nitrogens is 2. The van der Waals surface area contributed by atoms with Crippen LogP contribution in [0, 0.1) is 11.8 Å².